The van der Waals surface area contributed by atoms with Crippen molar-refractivity contribution in [1.29, 1.82) is 0 Å². The van der Waals surface area contributed by atoms with E-state index in [4.69, 9.17) is 5.11 Å². The fourth-order valence-corrected chi connectivity index (χ4v) is 1.80. The van der Waals surface area contributed by atoms with Gasteiger partial charge in [-0.1, -0.05) is 42.5 Å². The van der Waals surface area contributed by atoms with Crippen LogP contribution in [-0.4, -0.2) is 22.6 Å². The summed E-state index contributed by atoms with van der Waals surface area (Å²) in [6, 6.07) is 14.2. The fraction of sp³-hybridized carbons (Fsp3) is 0.0625. The summed E-state index contributed by atoms with van der Waals surface area (Å²) in [6.45, 7) is 0. The Labute approximate surface area is 115 Å². The maximum atomic E-state index is 12.0. The number of ketones is 2. The second-order valence-electron chi connectivity index (χ2n) is 4.28. The minimum atomic E-state index is -1.10. The molecule has 4 heteroatoms. The number of hydrogen-bond acceptors (Lipinski definition) is 3. The second kappa shape index (κ2) is 5.93. The molecule has 4 nitrogen and oxygen atoms in total. The lowest BCUT2D eigenvalue weighted by atomic mass is 10.0. The van der Waals surface area contributed by atoms with Gasteiger partial charge in [0, 0.05) is 11.1 Å². The Balaban J connectivity index is 2.15. The Morgan fingerprint density at radius 1 is 0.750 bits per heavy atom. The maximum absolute atomic E-state index is 12.0. The molecule has 0 fully saturated rings. The zero-order chi connectivity index (χ0) is 14.5. The largest absolute Gasteiger partial charge is 0.478 e. The van der Waals surface area contributed by atoms with Crippen molar-refractivity contribution < 1.29 is 19.5 Å². The molecule has 0 bridgehead atoms. The van der Waals surface area contributed by atoms with Crippen LogP contribution in [0.2, 0.25) is 0 Å². The molecular weight excluding hydrogens is 256 g/mol. The number of carboxylic acid groups (broad SMARTS) is 1. The number of benzene rings is 2. The number of carbonyl (C=O) groups is 3. The van der Waals surface area contributed by atoms with E-state index < -0.39 is 5.97 Å². The molecule has 0 aliphatic heterocycles. The van der Waals surface area contributed by atoms with Gasteiger partial charge in [-0.05, 0) is 12.1 Å². The number of aromatic carboxylic acids is 1. The predicted octanol–water partition coefficient (Wildman–Crippen LogP) is 2.84. The highest BCUT2D eigenvalue weighted by molar-refractivity contribution is 6.13. The minimum absolute atomic E-state index is 0.0306. The molecule has 0 amide bonds. The van der Waals surface area contributed by atoms with Crippen molar-refractivity contribution in [2.24, 2.45) is 0 Å². The number of Topliss-reactive ketones (excluding diaryl/α,β-unsaturated/α-hetero) is 2. The van der Waals surface area contributed by atoms with Crippen LogP contribution in [-0.2, 0) is 0 Å². The predicted molar refractivity (Wildman–Crippen MR) is 73.1 cm³/mol. The normalized spacial score (nSPS) is 10.0. The van der Waals surface area contributed by atoms with Crippen LogP contribution in [0.3, 0.4) is 0 Å². The van der Waals surface area contributed by atoms with Gasteiger partial charge in [0.1, 0.15) is 0 Å². The Morgan fingerprint density at radius 2 is 1.30 bits per heavy atom. The maximum Gasteiger partial charge on any atom is 0.335 e. The van der Waals surface area contributed by atoms with Gasteiger partial charge in [0.05, 0.1) is 12.0 Å². The van der Waals surface area contributed by atoms with Crippen molar-refractivity contribution in [1.82, 2.24) is 0 Å². The van der Waals surface area contributed by atoms with Crippen molar-refractivity contribution >= 4 is 17.5 Å². The lowest BCUT2D eigenvalue weighted by Gasteiger charge is -2.02. The molecule has 20 heavy (non-hydrogen) atoms. The van der Waals surface area contributed by atoms with Crippen LogP contribution in [0.4, 0.5) is 0 Å². The van der Waals surface area contributed by atoms with Crippen LogP contribution in [0.25, 0.3) is 0 Å². The first-order valence-electron chi connectivity index (χ1n) is 6.03. The molecule has 2 aromatic carbocycles. The Hall–Kier alpha value is -2.75. The number of carbonyl (C=O) groups excluding carboxylic acids is 2. The quantitative estimate of drug-likeness (QED) is 0.668. The average Bonchev–Trinajstić information content (AvgIpc) is 2.48. The number of carboxylic acids is 1. The third-order valence-corrected chi connectivity index (χ3v) is 2.85. The standard InChI is InChI=1S/C16H12O4/c17-14(11-5-2-1-3-6-11)10-15(18)12-7-4-8-13(9-12)16(19)20/h1-9H,10H2,(H,19,20). The first kappa shape index (κ1) is 13.7. The summed E-state index contributed by atoms with van der Waals surface area (Å²) in [5.74, 6) is -1.77. The van der Waals surface area contributed by atoms with Crippen molar-refractivity contribution in [2.75, 3.05) is 0 Å². The van der Waals surface area contributed by atoms with Crippen LogP contribution >= 0.6 is 0 Å². The van der Waals surface area contributed by atoms with E-state index in [1.165, 1.54) is 24.3 Å². The van der Waals surface area contributed by atoms with Gasteiger partial charge in [-0.3, -0.25) is 9.59 Å². The fourth-order valence-electron chi connectivity index (χ4n) is 1.80. The van der Waals surface area contributed by atoms with E-state index in [0.717, 1.165) is 0 Å². The molecule has 0 unspecified atom stereocenters. The van der Waals surface area contributed by atoms with Crippen molar-refractivity contribution in [3.05, 3.63) is 71.3 Å². The molecule has 0 atom stereocenters. The Kier molecular flexibility index (Phi) is 4.05. The van der Waals surface area contributed by atoms with E-state index in [2.05, 4.69) is 0 Å². The van der Waals surface area contributed by atoms with E-state index in [0.29, 0.717) is 5.56 Å². The molecule has 0 radical (unpaired) electrons. The molecule has 0 aliphatic rings. The summed E-state index contributed by atoms with van der Waals surface area (Å²) in [6.07, 6.45) is -0.271. The molecule has 0 saturated heterocycles. The van der Waals surface area contributed by atoms with Crippen LogP contribution < -0.4 is 0 Å². The second-order valence-corrected chi connectivity index (χ2v) is 4.28. The molecule has 1 N–H and O–H groups in total. The SMILES string of the molecule is O=C(O)c1cccc(C(=O)CC(=O)c2ccccc2)c1. The molecule has 2 aromatic rings. The Bertz CT molecular complexity index is 659. The first-order chi connectivity index (χ1) is 9.58. The van der Waals surface area contributed by atoms with Crippen LogP contribution in [0.1, 0.15) is 37.5 Å². The molecule has 0 aromatic heterocycles. The van der Waals surface area contributed by atoms with Crippen molar-refractivity contribution in [2.45, 2.75) is 6.42 Å². The van der Waals surface area contributed by atoms with E-state index in [1.54, 1.807) is 30.3 Å². The third-order valence-electron chi connectivity index (χ3n) is 2.85. The zero-order valence-electron chi connectivity index (χ0n) is 10.6. The zero-order valence-corrected chi connectivity index (χ0v) is 10.6. The topological polar surface area (TPSA) is 71.4 Å². The van der Waals surface area contributed by atoms with E-state index >= 15 is 0 Å². The smallest absolute Gasteiger partial charge is 0.335 e. The van der Waals surface area contributed by atoms with Crippen LogP contribution in [0.5, 0.6) is 0 Å². The molecule has 0 heterocycles. The molecule has 100 valence electrons. The average molecular weight is 268 g/mol. The molecule has 0 saturated carbocycles. The van der Waals surface area contributed by atoms with Gasteiger partial charge < -0.3 is 5.11 Å². The molecular formula is C16H12O4. The molecule has 0 spiro atoms. The highest BCUT2D eigenvalue weighted by Gasteiger charge is 2.14. The highest BCUT2D eigenvalue weighted by atomic mass is 16.4. The van der Waals surface area contributed by atoms with Crippen molar-refractivity contribution in [3.63, 3.8) is 0 Å². The first-order valence-corrected chi connectivity index (χ1v) is 6.03. The van der Waals surface area contributed by atoms with Gasteiger partial charge in [-0.15, -0.1) is 0 Å². The lowest BCUT2D eigenvalue weighted by Crippen LogP contribution is -2.09. The van der Waals surface area contributed by atoms with Gasteiger partial charge in [-0.25, -0.2) is 4.79 Å². The van der Waals surface area contributed by atoms with Gasteiger partial charge >= 0.3 is 5.97 Å². The van der Waals surface area contributed by atoms with Crippen molar-refractivity contribution in [3.8, 4) is 0 Å². The summed E-state index contributed by atoms with van der Waals surface area (Å²) in [4.78, 5) is 34.7. The van der Waals surface area contributed by atoms with Gasteiger partial charge in [0.25, 0.3) is 0 Å². The molecule has 0 aliphatic carbocycles. The van der Waals surface area contributed by atoms with Crippen LogP contribution in [0.15, 0.2) is 54.6 Å². The van der Waals surface area contributed by atoms with Gasteiger partial charge in [-0.2, -0.15) is 0 Å². The minimum Gasteiger partial charge on any atom is -0.478 e. The van der Waals surface area contributed by atoms with E-state index in [-0.39, 0.29) is 29.1 Å². The third kappa shape index (κ3) is 3.17. The summed E-state index contributed by atoms with van der Waals surface area (Å²) < 4.78 is 0. The molecule has 2 rings (SSSR count). The number of hydrogen-bond donors (Lipinski definition) is 1. The summed E-state index contributed by atoms with van der Waals surface area (Å²) >= 11 is 0. The number of rotatable bonds is 5. The summed E-state index contributed by atoms with van der Waals surface area (Å²) in [7, 11) is 0. The van der Waals surface area contributed by atoms with Crippen LogP contribution in [0, 0.1) is 0 Å². The highest BCUT2D eigenvalue weighted by Crippen LogP contribution is 2.11. The van der Waals surface area contributed by atoms with E-state index in [9.17, 15) is 14.4 Å². The summed E-state index contributed by atoms with van der Waals surface area (Å²) in [5, 5.41) is 8.87. The van der Waals surface area contributed by atoms with E-state index in [1.807, 2.05) is 0 Å². The lowest BCUT2D eigenvalue weighted by molar-refractivity contribution is 0.0696. The summed E-state index contributed by atoms with van der Waals surface area (Å²) in [5.41, 5.74) is 0.729. The van der Waals surface area contributed by atoms with Gasteiger partial charge in [0.15, 0.2) is 11.6 Å². The monoisotopic (exact) mass is 268 g/mol. The Morgan fingerprint density at radius 3 is 1.95 bits per heavy atom. The van der Waals surface area contributed by atoms with Gasteiger partial charge in [0.2, 0.25) is 0 Å².